The smallest absolute Gasteiger partial charge is 0.410 e. The maximum absolute atomic E-state index is 14.6. The van der Waals surface area contributed by atoms with E-state index in [0.717, 1.165) is 23.4 Å². The number of hydrogen-bond donors (Lipinski definition) is 1. The topological polar surface area (TPSA) is 102 Å². The minimum atomic E-state index is -0.569. The number of aryl methyl sites for hydroxylation is 1. The molecule has 0 radical (unpaired) electrons. The quantitative estimate of drug-likeness (QED) is 0.369. The Kier molecular flexibility index (Phi) is 6.83. The SMILES string of the molecule is COc1nc2c(C(=O)Nc3cc(F)c4nn(C)cc4c3)ccc(N3CC[C@H](N(C)C(=O)OC(C)(C)C)C3)c2s1. The number of thiazole rings is 1. The molecule has 4 aromatic rings. The molecule has 39 heavy (non-hydrogen) atoms. The number of nitrogens with one attached hydrogen (secondary N) is 1. The highest BCUT2D eigenvalue weighted by molar-refractivity contribution is 7.21. The van der Waals surface area contributed by atoms with Crippen molar-refractivity contribution in [3.63, 3.8) is 0 Å². The van der Waals surface area contributed by atoms with E-state index in [1.165, 1.54) is 29.2 Å². The molecule has 0 spiro atoms. The second-order valence-electron chi connectivity index (χ2n) is 10.6. The van der Waals surface area contributed by atoms with Crippen LogP contribution in [-0.4, -0.2) is 70.6 Å². The number of rotatable bonds is 5. The fourth-order valence-electron chi connectivity index (χ4n) is 4.74. The summed E-state index contributed by atoms with van der Waals surface area (Å²) in [6.45, 7) is 6.88. The molecule has 0 aliphatic carbocycles. The number of halogens is 1. The average molecular weight is 555 g/mol. The van der Waals surface area contributed by atoms with Crippen LogP contribution >= 0.6 is 11.3 Å². The Morgan fingerprint density at radius 1 is 1.23 bits per heavy atom. The van der Waals surface area contributed by atoms with E-state index in [2.05, 4.69) is 20.3 Å². The van der Waals surface area contributed by atoms with Crippen LogP contribution in [0.3, 0.4) is 0 Å². The first-order chi connectivity index (χ1) is 18.4. The van der Waals surface area contributed by atoms with Crippen LogP contribution in [0.1, 0.15) is 37.6 Å². The third-order valence-corrected chi connectivity index (χ3v) is 7.63. The summed E-state index contributed by atoms with van der Waals surface area (Å²) in [5.74, 6) is -0.926. The number of fused-ring (bicyclic) bond motifs is 2. The number of methoxy groups -OCH3 is 1. The molecule has 0 unspecified atom stereocenters. The van der Waals surface area contributed by atoms with Crippen LogP contribution in [0.15, 0.2) is 30.5 Å². The van der Waals surface area contributed by atoms with Crippen LogP contribution in [0.5, 0.6) is 5.19 Å². The van der Waals surface area contributed by atoms with Crippen LogP contribution in [0, 0.1) is 5.82 Å². The molecule has 2 aromatic carbocycles. The van der Waals surface area contributed by atoms with E-state index < -0.39 is 17.3 Å². The van der Waals surface area contributed by atoms with Crippen LogP contribution in [0.4, 0.5) is 20.6 Å². The molecule has 206 valence electrons. The van der Waals surface area contributed by atoms with Crippen molar-refractivity contribution < 1.29 is 23.5 Å². The predicted octanol–water partition coefficient (Wildman–Crippen LogP) is 5.03. The lowest BCUT2D eigenvalue weighted by atomic mass is 10.1. The fraction of sp³-hybridized carbons (Fsp3) is 0.407. The van der Waals surface area contributed by atoms with Crippen molar-refractivity contribution >= 4 is 55.8 Å². The number of likely N-dealkylation sites (N-methyl/N-ethyl adjacent to an activating group) is 1. The normalized spacial score (nSPS) is 15.7. The van der Waals surface area contributed by atoms with Gasteiger partial charge in [0, 0.05) is 44.5 Å². The van der Waals surface area contributed by atoms with E-state index in [1.54, 1.807) is 37.3 Å². The van der Waals surface area contributed by atoms with Crippen molar-refractivity contribution in [3.8, 4) is 5.19 Å². The lowest BCUT2D eigenvalue weighted by Crippen LogP contribution is -2.42. The Balaban J connectivity index is 1.40. The highest BCUT2D eigenvalue weighted by Crippen LogP contribution is 2.39. The zero-order chi connectivity index (χ0) is 28.1. The standard InChI is InChI=1S/C27H31FN6O4S/c1-27(2,3)38-26(36)33(5)17-9-10-34(14-17)20-8-7-18(22-23(20)39-25(30-22)37-6)24(35)29-16-11-15-13-32(4)31-21(15)19(28)12-16/h7-8,11-13,17H,9-10,14H2,1-6H3,(H,29,35)/t17-/m0/s1. The van der Waals surface area contributed by atoms with Crippen molar-refractivity contribution in [2.45, 2.75) is 38.8 Å². The maximum Gasteiger partial charge on any atom is 0.410 e. The van der Waals surface area contributed by atoms with E-state index in [4.69, 9.17) is 9.47 Å². The van der Waals surface area contributed by atoms with Gasteiger partial charge in [0.05, 0.1) is 29.1 Å². The van der Waals surface area contributed by atoms with E-state index in [1.807, 2.05) is 26.8 Å². The first-order valence-corrected chi connectivity index (χ1v) is 13.4. The van der Waals surface area contributed by atoms with Crippen LogP contribution in [-0.2, 0) is 11.8 Å². The Bertz CT molecular complexity index is 1580. The van der Waals surface area contributed by atoms with Crippen LogP contribution in [0.2, 0.25) is 0 Å². The van der Waals surface area contributed by atoms with Gasteiger partial charge in [-0.2, -0.15) is 5.10 Å². The molecule has 1 aliphatic rings. The number of aromatic nitrogens is 3. The van der Waals surface area contributed by atoms with Gasteiger partial charge < -0.3 is 24.6 Å². The van der Waals surface area contributed by atoms with E-state index >= 15 is 0 Å². The molecule has 2 aromatic heterocycles. The summed E-state index contributed by atoms with van der Waals surface area (Å²) >= 11 is 1.35. The summed E-state index contributed by atoms with van der Waals surface area (Å²) in [7, 11) is 5.00. The van der Waals surface area contributed by atoms with Crippen molar-refractivity contribution in [1.82, 2.24) is 19.7 Å². The second kappa shape index (κ2) is 9.99. The lowest BCUT2D eigenvalue weighted by Gasteiger charge is -2.29. The van der Waals surface area contributed by atoms with Gasteiger partial charge in [-0.25, -0.2) is 14.2 Å². The van der Waals surface area contributed by atoms with Gasteiger partial charge in [-0.05, 0) is 51.5 Å². The number of nitrogens with zero attached hydrogens (tertiary/aromatic N) is 5. The third kappa shape index (κ3) is 5.33. The van der Waals surface area contributed by atoms with Gasteiger partial charge in [0.25, 0.3) is 11.1 Å². The minimum absolute atomic E-state index is 0.0232. The molecular formula is C27H31FN6O4S. The number of amides is 2. The summed E-state index contributed by atoms with van der Waals surface area (Å²) in [6, 6.07) is 6.52. The van der Waals surface area contributed by atoms with Gasteiger partial charge in [-0.15, -0.1) is 0 Å². The molecule has 3 heterocycles. The van der Waals surface area contributed by atoms with Gasteiger partial charge >= 0.3 is 6.09 Å². The highest BCUT2D eigenvalue weighted by Gasteiger charge is 2.32. The predicted molar refractivity (Wildman–Crippen MR) is 149 cm³/mol. The summed E-state index contributed by atoms with van der Waals surface area (Å²) in [4.78, 5) is 34.3. The zero-order valence-corrected chi connectivity index (χ0v) is 23.6. The van der Waals surface area contributed by atoms with E-state index in [-0.39, 0.29) is 17.7 Å². The number of carbonyl (C=O) groups excluding carboxylic acids is 2. The molecule has 10 nitrogen and oxygen atoms in total. The summed E-state index contributed by atoms with van der Waals surface area (Å²) in [6.07, 6.45) is 2.11. The average Bonchev–Trinajstić information content (AvgIpc) is 3.59. The summed E-state index contributed by atoms with van der Waals surface area (Å²) in [5.41, 5.74) is 1.75. The molecule has 12 heteroatoms. The molecule has 1 aliphatic heterocycles. The molecule has 1 N–H and O–H groups in total. The van der Waals surface area contributed by atoms with Crippen molar-refractivity contribution in [3.05, 3.63) is 41.8 Å². The monoisotopic (exact) mass is 554 g/mol. The third-order valence-electron chi connectivity index (χ3n) is 6.59. The molecule has 2 amide bonds. The van der Waals surface area contributed by atoms with E-state index in [0.29, 0.717) is 33.9 Å². The molecule has 1 saturated heterocycles. The van der Waals surface area contributed by atoms with Crippen molar-refractivity contribution in [2.24, 2.45) is 7.05 Å². The van der Waals surface area contributed by atoms with Gasteiger partial charge in [-0.1, -0.05) is 11.3 Å². The van der Waals surface area contributed by atoms with Gasteiger partial charge in [0.1, 0.15) is 16.6 Å². The van der Waals surface area contributed by atoms with Crippen LogP contribution < -0.4 is 15.0 Å². The van der Waals surface area contributed by atoms with Gasteiger partial charge in [0.2, 0.25) is 0 Å². The maximum atomic E-state index is 14.6. The molecule has 5 rings (SSSR count). The molecule has 0 bridgehead atoms. The number of benzene rings is 2. The van der Waals surface area contributed by atoms with Crippen molar-refractivity contribution in [2.75, 3.05) is 37.5 Å². The zero-order valence-electron chi connectivity index (χ0n) is 22.7. The van der Waals surface area contributed by atoms with Gasteiger partial charge in [-0.3, -0.25) is 9.48 Å². The minimum Gasteiger partial charge on any atom is -0.473 e. The Hall–Kier alpha value is -3.93. The Morgan fingerprint density at radius 3 is 2.72 bits per heavy atom. The number of ether oxygens (including phenoxy) is 2. The number of anilines is 2. The van der Waals surface area contributed by atoms with E-state index in [9.17, 15) is 14.0 Å². The molecule has 1 fully saturated rings. The second-order valence-corrected chi connectivity index (χ2v) is 11.6. The Labute approximate surface area is 229 Å². The lowest BCUT2D eigenvalue weighted by molar-refractivity contribution is 0.0237. The highest BCUT2D eigenvalue weighted by atomic mass is 32.1. The molecule has 1 atom stereocenters. The molecular weight excluding hydrogens is 523 g/mol. The number of carbonyl (C=O) groups is 2. The van der Waals surface area contributed by atoms with Crippen molar-refractivity contribution in [1.29, 1.82) is 0 Å². The first kappa shape index (κ1) is 26.7. The summed E-state index contributed by atoms with van der Waals surface area (Å²) < 4.78 is 27.8. The van der Waals surface area contributed by atoms with Crippen LogP contribution in [0.25, 0.3) is 21.1 Å². The number of hydrogen-bond acceptors (Lipinski definition) is 8. The van der Waals surface area contributed by atoms with Gasteiger partial charge in [0.15, 0.2) is 5.82 Å². The summed E-state index contributed by atoms with van der Waals surface area (Å²) in [5, 5.41) is 7.92. The fourth-order valence-corrected chi connectivity index (χ4v) is 5.68. The first-order valence-electron chi connectivity index (χ1n) is 12.6. The Morgan fingerprint density at radius 2 is 2.00 bits per heavy atom. The largest absolute Gasteiger partial charge is 0.473 e. The molecule has 0 saturated carbocycles.